The van der Waals surface area contributed by atoms with Crippen molar-refractivity contribution in [3.05, 3.63) is 24.3 Å². The van der Waals surface area contributed by atoms with Crippen LogP contribution in [-0.4, -0.2) is 140 Å². The fraction of sp³-hybridized carbons (Fsp3) is 0.939. The van der Waals surface area contributed by atoms with Gasteiger partial charge in [0.05, 0.1) is 32.0 Å². The maximum absolute atomic E-state index is 13.4. The van der Waals surface area contributed by atoms with Gasteiger partial charge < -0.3 is 65.1 Å². The van der Waals surface area contributed by atoms with Gasteiger partial charge in [0.1, 0.15) is 48.8 Å². The monoisotopic (exact) mass is 1360 g/mol. The molecule has 0 aromatic rings. The van der Waals surface area contributed by atoms with Crippen molar-refractivity contribution < 1.29 is 64.6 Å². The van der Waals surface area contributed by atoms with Gasteiger partial charge in [0.15, 0.2) is 12.6 Å². The Morgan fingerprint density at radius 3 is 1.04 bits per heavy atom. The Hall–Kier alpha value is -1.53. The third-order valence-corrected chi connectivity index (χ3v) is 20.7. The SMILES string of the molecule is CCCCCCC/C=C\C/C=C\CCCCCCCCCCCCCCCCCCCCCCCC(=O)NC(COC1OC(CO)C(OC2OC(CO)C(O)C(O)C2O)C(O)C1O)C(O)CCCCCCCCCCCCCCCCCCCCCCCCCCCCCCC. The number of aliphatic hydroxyl groups excluding tert-OH is 8. The summed E-state index contributed by atoms with van der Waals surface area (Å²) in [6.07, 6.45) is 69.4. The first-order chi connectivity index (χ1) is 47.1. The second-order valence-corrected chi connectivity index (χ2v) is 29.6. The molecule has 1 amide bonds. The van der Waals surface area contributed by atoms with Crippen LogP contribution in [0.1, 0.15) is 399 Å². The molecule has 0 radical (unpaired) electrons. The first-order valence-corrected chi connectivity index (χ1v) is 41.6. The molecule has 0 aromatic heterocycles. The van der Waals surface area contributed by atoms with Gasteiger partial charge in [-0.2, -0.15) is 0 Å². The van der Waals surface area contributed by atoms with Crippen molar-refractivity contribution in [1.82, 2.24) is 5.32 Å². The lowest BCUT2D eigenvalue weighted by Crippen LogP contribution is -2.65. The highest BCUT2D eigenvalue weighted by molar-refractivity contribution is 5.76. The van der Waals surface area contributed by atoms with Gasteiger partial charge >= 0.3 is 0 Å². The Kier molecular flexibility index (Phi) is 62.9. The van der Waals surface area contributed by atoms with Crippen molar-refractivity contribution in [2.45, 2.75) is 473 Å². The van der Waals surface area contributed by atoms with E-state index in [4.69, 9.17) is 18.9 Å². The Morgan fingerprint density at radius 2 is 0.688 bits per heavy atom. The summed E-state index contributed by atoms with van der Waals surface area (Å²) >= 11 is 0. The molecule has 2 aliphatic heterocycles. The van der Waals surface area contributed by atoms with E-state index in [0.29, 0.717) is 12.8 Å². The third kappa shape index (κ3) is 49.1. The van der Waals surface area contributed by atoms with E-state index < -0.39 is 86.8 Å². The van der Waals surface area contributed by atoms with Crippen LogP contribution in [0.25, 0.3) is 0 Å². The summed E-state index contributed by atoms with van der Waals surface area (Å²) in [4.78, 5) is 13.4. The molecule has 0 bridgehead atoms. The molecule has 14 heteroatoms. The first kappa shape index (κ1) is 90.6. The van der Waals surface area contributed by atoms with Gasteiger partial charge in [-0.15, -0.1) is 0 Å². The summed E-state index contributed by atoms with van der Waals surface area (Å²) in [5, 5.41) is 87.9. The van der Waals surface area contributed by atoms with Crippen molar-refractivity contribution in [3.63, 3.8) is 0 Å². The number of aliphatic hydroxyl groups is 8. The number of carbonyl (C=O) groups is 1. The van der Waals surface area contributed by atoms with E-state index in [1.165, 1.54) is 315 Å². The number of rotatable bonds is 71. The maximum atomic E-state index is 13.4. The second-order valence-electron chi connectivity index (χ2n) is 29.6. The van der Waals surface area contributed by atoms with Crippen LogP contribution in [0.2, 0.25) is 0 Å². The van der Waals surface area contributed by atoms with Gasteiger partial charge in [0, 0.05) is 6.42 Å². The smallest absolute Gasteiger partial charge is 0.220 e. The summed E-state index contributed by atoms with van der Waals surface area (Å²) in [6, 6.07) is -0.828. The minimum Gasteiger partial charge on any atom is -0.394 e. The summed E-state index contributed by atoms with van der Waals surface area (Å²) in [7, 11) is 0. The Bertz CT molecular complexity index is 1700. The van der Waals surface area contributed by atoms with Crippen molar-refractivity contribution in [1.29, 1.82) is 0 Å². The van der Waals surface area contributed by atoms with E-state index in [9.17, 15) is 45.6 Å². The lowest BCUT2D eigenvalue weighted by Gasteiger charge is -2.46. The van der Waals surface area contributed by atoms with Gasteiger partial charge in [-0.25, -0.2) is 0 Å². The molecule has 12 unspecified atom stereocenters. The van der Waals surface area contributed by atoms with Crippen molar-refractivity contribution in [2.75, 3.05) is 19.8 Å². The molecular weight excluding hydrogens is 1210 g/mol. The lowest BCUT2D eigenvalue weighted by atomic mass is 9.97. The molecule has 2 rings (SSSR count). The molecule has 96 heavy (non-hydrogen) atoms. The number of hydrogen-bond donors (Lipinski definition) is 9. The van der Waals surface area contributed by atoms with Crippen LogP contribution in [0, 0.1) is 0 Å². The summed E-state index contributed by atoms with van der Waals surface area (Å²) in [5.41, 5.74) is 0. The number of allylic oxidation sites excluding steroid dienone is 4. The van der Waals surface area contributed by atoms with Gasteiger partial charge in [-0.1, -0.05) is 372 Å². The second kappa shape index (κ2) is 66.7. The topological polar surface area (TPSA) is 228 Å². The molecule has 2 fully saturated rings. The summed E-state index contributed by atoms with van der Waals surface area (Å²) < 4.78 is 23.0. The number of hydrogen-bond acceptors (Lipinski definition) is 13. The highest BCUT2D eigenvalue weighted by Gasteiger charge is 2.51. The molecular formula is C82H157NO13. The Morgan fingerprint density at radius 1 is 0.375 bits per heavy atom. The van der Waals surface area contributed by atoms with Crippen LogP contribution < -0.4 is 5.32 Å². The molecule has 9 N–H and O–H groups in total. The number of ether oxygens (including phenoxy) is 4. The standard InChI is InChI=1S/C82H157NO13/c1-3-5-7-9-11-13-15-17-19-21-23-25-27-29-31-33-34-35-36-38-40-42-44-46-48-50-52-54-56-58-60-62-64-66-74(87)83-70(69-93-81-79(92)77(90)80(73(68-85)95-81)96-82-78(91)76(89)75(88)72(67-84)94-82)71(86)65-63-61-59-57-55-53-51-49-47-45-43-41-39-37-32-30-28-26-24-22-20-18-16-14-12-10-8-6-4-2/h15,17,21,23,70-73,75-82,84-86,88-92H,3-14,16,18-20,22,24-69H2,1-2H3,(H,83,87)/b17-15-,23-21-. The van der Waals surface area contributed by atoms with Crippen LogP contribution in [0.4, 0.5) is 0 Å². The first-order valence-electron chi connectivity index (χ1n) is 41.6. The summed E-state index contributed by atoms with van der Waals surface area (Å²) in [6.45, 7) is 2.93. The molecule has 0 spiro atoms. The molecule has 0 aliphatic carbocycles. The van der Waals surface area contributed by atoms with Crippen LogP contribution in [0.15, 0.2) is 24.3 Å². The molecule has 0 saturated carbocycles. The lowest BCUT2D eigenvalue weighted by molar-refractivity contribution is -0.359. The van der Waals surface area contributed by atoms with E-state index in [0.717, 1.165) is 57.8 Å². The largest absolute Gasteiger partial charge is 0.394 e. The number of unbranched alkanes of at least 4 members (excludes halogenated alkanes) is 54. The molecule has 0 aromatic carbocycles. The van der Waals surface area contributed by atoms with Gasteiger partial charge in [0.2, 0.25) is 5.91 Å². The highest BCUT2D eigenvalue weighted by atomic mass is 16.7. The minimum absolute atomic E-state index is 0.197. The zero-order valence-corrected chi connectivity index (χ0v) is 62.4. The highest BCUT2D eigenvalue weighted by Crippen LogP contribution is 2.31. The van der Waals surface area contributed by atoms with Crippen LogP contribution in [0.5, 0.6) is 0 Å². The van der Waals surface area contributed by atoms with Gasteiger partial charge in [-0.05, 0) is 44.9 Å². The number of carbonyl (C=O) groups excluding carboxylic acids is 1. The number of amides is 1. The third-order valence-electron chi connectivity index (χ3n) is 20.7. The van der Waals surface area contributed by atoms with E-state index in [1.54, 1.807) is 0 Å². The van der Waals surface area contributed by atoms with E-state index in [1.807, 2.05) is 0 Å². The molecule has 14 nitrogen and oxygen atoms in total. The van der Waals surface area contributed by atoms with E-state index in [-0.39, 0.29) is 12.5 Å². The quantitative estimate of drug-likeness (QED) is 0.0204. The number of nitrogens with one attached hydrogen (secondary N) is 1. The molecule has 12 atom stereocenters. The minimum atomic E-state index is -1.78. The van der Waals surface area contributed by atoms with Crippen molar-refractivity contribution >= 4 is 5.91 Å². The zero-order valence-electron chi connectivity index (χ0n) is 62.4. The summed E-state index contributed by atoms with van der Waals surface area (Å²) in [5.74, 6) is -0.197. The van der Waals surface area contributed by atoms with Crippen LogP contribution in [-0.2, 0) is 23.7 Å². The predicted octanol–water partition coefficient (Wildman–Crippen LogP) is 19.0. The van der Waals surface area contributed by atoms with Crippen molar-refractivity contribution in [3.8, 4) is 0 Å². The van der Waals surface area contributed by atoms with Crippen LogP contribution >= 0.6 is 0 Å². The van der Waals surface area contributed by atoms with E-state index in [2.05, 4.69) is 43.5 Å². The van der Waals surface area contributed by atoms with Crippen LogP contribution in [0.3, 0.4) is 0 Å². The normalized spacial score (nSPS) is 22.3. The average Bonchev–Trinajstić information content (AvgIpc) is 0.812. The van der Waals surface area contributed by atoms with Crippen molar-refractivity contribution in [2.24, 2.45) is 0 Å². The fourth-order valence-corrected chi connectivity index (χ4v) is 14.1. The van der Waals surface area contributed by atoms with Gasteiger partial charge in [-0.3, -0.25) is 4.79 Å². The fourth-order valence-electron chi connectivity index (χ4n) is 14.1. The molecule has 568 valence electrons. The van der Waals surface area contributed by atoms with E-state index >= 15 is 0 Å². The molecule has 2 saturated heterocycles. The predicted molar refractivity (Wildman–Crippen MR) is 397 cm³/mol. The maximum Gasteiger partial charge on any atom is 0.220 e. The molecule has 2 heterocycles. The average molecular weight is 1370 g/mol. The van der Waals surface area contributed by atoms with Gasteiger partial charge in [0.25, 0.3) is 0 Å². The molecule has 2 aliphatic rings. The Labute approximate surface area is 589 Å². The zero-order chi connectivity index (χ0) is 69.4. The Balaban J connectivity index is 1.59.